The van der Waals surface area contributed by atoms with Crippen LogP contribution < -0.4 is 10.2 Å². The molecule has 0 spiro atoms. The molecular formula is C16H24FN3O2. The summed E-state index contributed by atoms with van der Waals surface area (Å²) in [5.74, 6) is -0.184. The van der Waals surface area contributed by atoms with Gasteiger partial charge in [0, 0.05) is 45.5 Å². The molecule has 5 nitrogen and oxygen atoms in total. The van der Waals surface area contributed by atoms with Crippen LogP contribution in [0.5, 0.6) is 0 Å². The van der Waals surface area contributed by atoms with Crippen molar-refractivity contribution in [1.82, 2.24) is 10.2 Å². The summed E-state index contributed by atoms with van der Waals surface area (Å²) in [6.45, 7) is 6.29. The highest BCUT2D eigenvalue weighted by atomic mass is 19.1. The molecule has 0 aliphatic carbocycles. The van der Waals surface area contributed by atoms with Crippen LogP contribution in [0.3, 0.4) is 0 Å². The first-order valence-corrected chi connectivity index (χ1v) is 7.63. The molecular weight excluding hydrogens is 285 g/mol. The van der Waals surface area contributed by atoms with Crippen LogP contribution in [0.15, 0.2) is 24.3 Å². The van der Waals surface area contributed by atoms with Crippen LogP contribution >= 0.6 is 0 Å². The van der Waals surface area contributed by atoms with Crippen molar-refractivity contribution < 1.29 is 13.9 Å². The molecule has 22 heavy (non-hydrogen) atoms. The van der Waals surface area contributed by atoms with Crippen LogP contribution in [0.25, 0.3) is 0 Å². The molecule has 1 heterocycles. The van der Waals surface area contributed by atoms with Gasteiger partial charge >= 0.3 is 0 Å². The van der Waals surface area contributed by atoms with Crippen molar-refractivity contribution >= 4 is 11.6 Å². The molecule has 1 aliphatic heterocycles. The Morgan fingerprint density at radius 3 is 2.50 bits per heavy atom. The molecule has 0 radical (unpaired) electrons. The lowest BCUT2D eigenvalue weighted by atomic mass is 10.2. The number of benzene rings is 1. The average Bonchev–Trinajstić information content (AvgIpc) is 2.55. The Morgan fingerprint density at radius 1 is 1.27 bits per heavy atom. The average molecular weight is 309 g/mol. The summed E-state index contributed by atoms with van der Waals surface area (Å²) in [6, 6.07) is 6.41. The third-order valence-electron chi connectivity index (χ3n) is 4.04. The summed E-state index contributed by atoms with van der Waals surface area (Å²) >= 11 is 0. The van der Waals surface area contributed by atoms with Crippen molar-refractivity contribution in [2.75, 3.05) is 51.3 Å². The summed E-state index contributed by atoms with van der Waals surface area (Å²) in [5, 5.41) is 2.87. The number of hydrogen-bond acceptors (Lipinski definition) is 4. The summed E-state index contributed by atoms with van der Waals surface area (Å²) in [6.07, 6.45) is 0. The van der Waals surface area contributed by atoms with Gasteiger partial charge in [0.05, 0.1) is 12.6 Å². The number of anilines is 1. The van der Waals surface area contributed by atoms with E-state index >= 15 is 0 Å². The molecule has 1 saturated heterocycles. The summed E-state index contributed by atoms with van der Waals surface area (Å²) < 4.78 is 17.9. The molecule has 1 unspecified atom stereocenters. The standard InChI is InChI=1S/C16H24FN3O2/c1-13(16(21)18-7-12-22-2)19-8-10-20(11-9-19)15-5-3-14(17)4-6-15/h3-6,13H,7-12H2,1-2H3,(H,18,21). The number of carbonyl (C=O) groups is 1. The van der Waals surface area contributed by atoms with E-state index in [0.29, 0.717) is 13.2 Å². The van der Waals surface area contributed by atoms with E-state index in [1.165, 1.54) is 12.1 Å². The lowest BCUT2D eigenvalue weighted by Gasteiger charge is -2.38. The largest absolute Gasteiger partial charge is 0.383 e. The summed E-state index contributed by atoms with van der Waals surface area (Å²) in [5.41, 5.74) is 1.03. The smallest absolute Gasteiger partial charge is 0.237 e. The lowest BCUT2D eigenvalue weighted by Crippen LogP contribution is -2.54. The molecule has 1 aromatic rings. The fourth-order valence-corrected chi connectivity index (χ4v) is 2.61. The van der Waals surface area contributed by atoms with Gasteiger partial charge in [-0.15, -0.1) is 0 Å². The second-order valence-electron chi connectivity index (χ2n) is 5.46. The van der Waals surface area contributed by atoms with E-state index in [1.54, 1.807) is 19.2 Å². The predicted octanol–water partition coefficient (Wildman–Crippen LogP) is 1.10. The van der Waals surface area contributed by atoms with Gasteiger partial charge in [-0.05, 0) is 31.2 Å². The maximum atomic E-state index is 13.0. The van der Waals surface area contributed by atoms with Gasteiger partial charge in [0.2, 0.25) is 5.91 Å². The maximum Gasteiger partial charge on any atom is 0.237 e. The minimum absolute atomic E-state index is 0.0345. The zero-order chi connectivity index (χ0) is 15.9. The first-order valence-electron chi connectivity index (χ1n) is 7.63. The highest BCUT2D eigenvalue weighted by molar-refractivity contribution is 5.81. The molecule has 2 rings (SSSR count). The lowest BCUT2D eigenvalue weighted by molar-refractivity contribution is -0.126. The van der Waals surface area contributed by atoms with E-state index in [2.05, 4.69) is 15.1 Å². The normalized spacial score (nSPS) is 17.3. The third-order valence-corrected chi connectivity index (χ3v) is 4.04. The molecule has 0 bridgehead atoms. The molecule has 1 N–H and O–H groups in total. The van der Waals surface area contributed by atoms with E-state index in [1.807, 2.05) is 6.92 Å². The Kier molecular flexibility index (Phi) is 6.15. The highest BCUT2D eigenvalue weighted by Crippen LogP contribution is 2.17. The van der Waals surface area contributed by atoms with Gasteiger partial charge in [0.15, 0.2) is 0 Å². The third kappa shape index (κ3) is 4.42. The monoisotopic (exact) mass is 309 g/mol. The minimum atomic E-state index is -0.219. The van der Waals surface area contributed by atoms with Gasteiger partial charge in [0.1, 0.15) is 5.82 Å². The Balaban J connectivity index is 1.81. The van der Waals surface area contributed by atoms with Crippen molar-refractivity contribution in [3.8, 4) is 0 Å². The number of methoxy groups -OCH3 is 1. The van der Waals surface area contributed by atoms with Crippen LogP contribution in [-0.4, -0.2) is 63.3 Å². The van der Waals surface area contributed by atoms with E-state index in [0.717, 1.165) is 31.9 Å². The van der Waals surface area contributed by atoms with Gasteiger partial charge in [-0.3, -0.25) is 9.69 Å². The van der Waals surface area contributed by atoms with Crippen molar-refractivity contribution in [3.05, 3.63) is 30.1 Å². The second kappa shape index (κ2) is 8.10. The summed E-state index contributed by atoms with van der Waals surface area (Å²) in [7, 11) is 1.62. The van der Waals surface area contributed by atoms with Gasteiger partial charge in [-0.25, -0.2) is 4.39 Å². The molecule has 1 fully saturated rings. The van der Waals surface area contributed by atoms with E-state index < -0.39 is 0 Å². The van der Waals surface area contributed by atoms with Crippen LogP contribution in [0.2, 0.25) is 0 Å². The van der Waals surface area contributed by atoms with E-state index in [9.17, 15) is 9.18 Å². The fourth-order valence-electron chi connectivity index (χ4n) is 2.61. The molecule has 1 amide bonds. The molecule has 6 heteroatoms. The predicted molar refractivity (Wildman–Crippen MR) is 84.5 cm³/mol. The summed E-state index contributed by atoms with van der Waals surface area (Å²) in [4.78, 5) is 16.4. The zero-order valence-corrected chi connectivity index (χ0v) is 13.2. The van der Waals surface area contributed by atoms with E-state index in [4.69, 9.17) is 4.74 Å². The molecule has 0 saturated carbocycles. The SMILES string of the molecule is COCCNC(=O)C(C)N1CCN(c2ccc(F)cc2)CC1. The fraction of sp³-hybridized carbons (Fsp3) is 0.562. The number of hydrogen-bond donors (Lipinski definition) is 1. The van der Waals surface area contributed by atoms with Crippen molar-refractivity contribution in [2.24, 2.45) is 0 Å². The van der Waals surface area contributed by atoms with Crippen LogP contribution in [0, 0.1) is 5.82 Å². The molecule has 1 aromatic carbocycles. The Bertz CT molecular complexity index is 473. The highest BCUT2D eigenvalue weighted by Gasteiger charge is 2.25. The minimum Gasteiger partial charge on any atom is -0.383 e. The number of carbonyl (C=O) groups excluding carboxylic acids is 1. The number of amides is 1. The van der Waals surface area contributed by atoms with Crippen LogP contribution in [0.4, 0.5) is 10.1 Å². The number of halogens is 1. The van der Waals surface area contributed by atoms with Crippen molar-refractivity contribution in [2.45, 2.75) is 13.0 Å². The number of ether oxygens (including phenoxy) is 1. The number of nitrogens with one attached hydrogen (secondary N) is 1. The molecule has 1 atom stereocenters. The van der Waals surface area contributed by atoms with Gasteiger partial charge in [-0.2, -0.15) is 0 Å². The number of rotatable bonds is 6. The molecule has 122 valence electrons. The Labute approximate surface area is 131 Å². The quantitative estimate of drug-likeness (QED) is 0.799. The van der Waals surface area contributed by atoms with Gasteiger partial charge in [-0.1, -0.05) is 0 Å². The number of nitrogens with zero attached hydrogens (tertiary/aromatic N) is 2. The molecule has 0 aromatic heterocycles. The Morgan fingerprint density at radius 2 is 1.91 bits per heavy atom. The first-order chi connectivity index (χ1) is 10.6. The Hall–Kier alpha value is -1.66. The van der Waals surface area contributed by atoms with Crippen molar-refractivity contribution in [3.63, 3.8) is 0 Å². The van der Waals surface area contributed by atoms with Crippen LogP contribution in [0.1, 0.15) is 6.92 Å². The number of piperazine rings is 1. The van der Waals surface area contributed by atoms with E-state index in [-0.39, 0.29) is 17.8 Å². The first kappa shape index (κ1) is 16.7. The van der Waals surface area contributed by atoms with Gasteiger partial charge in [0.25, 0.3) is 0 Å². The molecule has 1 aliphatic rings. The topological polar surface area (TPSA) is 44.8 Å². The zero-order valence-electron chi connectivity index (χ0n) is 13.2. The van der Waals surface area contributed by atoms with Crippen LogP contribution in [-0.2, 0) is 9.53 Å². The van der Waals surface area contributed by atoms with Crippen molar-refractivity contribution in [1.29, 1.82) is 0 Å². The van der Waals surface area contributed by atoms with Gasteiger partial charge < -0.3 is 15.0 Å². The maximum absolute atomic E-state index is 13.0. The second-order valence-corrected chi connectivity index (χ2v) is 5.46.